The van der Waals surface area contributed by atoms with Gasteiger partial charge in [-0.05, 0) is 12.1 Å². The van der Waals surface area contributed by atoms with E-state index in [1.165, 1.54) is 0 Å². The van der Waals surface area contributed by atoms with E-state index in [4.69, 9.17) is 9.15 Å². The van der Waals surface area contributed by atoms with Crippen LogP contribution in [0.1, 0.15) is 6.42 Å². The summed E-state index contributed by atoms with van der Waals surface area (Å²) in [7, 11) is 1.63. The van der Waals surface area contributed by atoms with Crippen LogP contribution in [-0.4, -0.2) is 24.9 Å². The van der Waals surface area contributed by atoms with Crippen LogP contribution in [0.3, 0.4) is 0 Å². The monoisotopic (exact) mass is 217 g/mol. The minimum atomic E-state index is 0.539. The van der Waals surface area contributed by atoms with Crippen LogP contribution >= 0.6 is 0 Å². The van der Waals surface area contributed by atoms with Gasteiger partial charge in [-0.2, -0.15) is 10.1 Å². The number of hydrogen-bond donors (Lipinski definition) is 0. The summed E-state index contributed by atoms with van der Waals surface area (Å²) in [5, 5.41) is 5.92. The number of rotatable bonds is 2. The molecule has 3 rings (SSSR count). The van der Waals surface area contributed by atoms with Gasteiger partial charge in [-0.3, -0.25) is 0 Å². The number of nitrogens with zero attached hydrogens (tertiary/aromatic N) is 3. The third kappa shape index (κ3) is 1.41. The second kappa shape index (κ2) is 3.52. The lowest BCUT2D eigenvalue weighted by Gasteiger charge is -2.05. The lowest BCUT2D eigenvalue weighted by atomic mass is 10.3. The normalized spacial score (nSPS) is 14.9. The average Bonchev–Trinajstić information content (AvgIpc) is 2.96. The van der Waals surface area contributed by atoms with Crippen molar-refractivity contribution in [3.63, 3.8) is 0 Å². The number of methoxy groups -OCH3 is 1. The Bertz CT molecular complexity index is 547. The van der Waals surface area contributed by atoms with Crippen molar-refractivity contribution < 1.29 is 9.15 Å². The minimum Gasteiger partial charge on any atom is -0.497 e. The first-order chi connectivity index (χ1) is 7.86. The maximum absolute atomic E-state index is 5.60. The van der Waals surface area contributed by atoms with Crippen LogP contribution in [0.2, 0.25) is 0 Å². The van der Waals surface area contributed by atoms with Gasteiger partial charge in [0.05, 0.1) is 13.7 Å². The first-order valence-electron chi connectivity index (χ1n) is 5.11. The first kappa shape index (κ1) is 9.21. The molecular formula is C11H11N3O2. The lowest BCUT2D eigenvalue weighted by Crippen LogP contribution is -2.11. The molecule has 0 bridgehead atoms. The van der Waals surface area contributed by atoms with Gasteiger partial charge in [0, 0.05) is 18.7 Å². The minimum absolute atomic E-state index is 0.539. The molecule has 0 fully saturated rings. The summed E-state index contributed by atoms with van der Waals surface area (Å²) >= 11 is 0. The summed E-state index contributed by atoms with van der Waals surface area (Å²) < 4.78 is 10.7. The highest BCUT2D eigenvalue weighted by Gasteiger charge is 2.15. The van der Waals surface area contributed by atoms with E-state index in [9.17, 15) is 0 Å². The number of hydrogen-bond acceptors (Lipinski definition) is 5. The van der Waals surface area contributed by atoms with E-state index >= 15 is 0 Å². The molecule has 0 unspecified atom stereocenters. The fourth-order valence-corrected chi connectivity index (χ4v) is 1.67. The van der Waals surface area contributed by atoms with Gasteiger partial charge in [0.2, 0.25) is 0 Å². The standard InChI is InChI=1S/C11H11N3O2/c1-15-8-3-4-10-9(7-8)13-11(16-10)14-6-2-5-12-14/h3-5,7H,2,6H2,1H3. The molecule has 0 spiro atoms. The Morgan fingerprint density at radius 3 is 3.12 bits per heavy atom. The van der Waals surface area contributed by atoms with E-state index < -0.39 is 0 Å². The van der Waals surface area contributed by atoms with Gasteiger partial charge < -0.3 is 9.15 Å². The molecule has 0 saturated carbocycles. The van der Waals surface area contributed by atoms with E-state index in [1.807, 2.05) is 24.4 Å². The fourth-order valence-electron chi connectivity index (χ4n) is 1.67. The highest BCUT2D eigenvalue weighted by molar-refractivity contribution is 5.76. The van der Waals surface area contributed by atoms with E-state index in [-0.39, 0.29) is 0 Å². The van der Waals surface area contributed by atoms with Gasteiger partial charge in [-0.25, -0.2) is 5.01 Å². The van der Waals surface area contributed by atoms with Crippen molar-refractivity contribution in [3.8, 4) is 5.75 Å². The van der Waals surface area contributed by atoms with Crippen molar-refractivity contribution in [1.29, 1.82) is 0 Å². The number of hydrazone groups is 1. The van der Waals surface area contributed by atoms with Crippen molar-refractivity contribution in [2.24, 2.45) is 5.10 Å². The zero-order valence-corrected chi connectivity index (χ0v) is 8.88. The maximum Gasteiger partial charge on any atom is 0.319 e. The highest BCUT2D eigenvalue weighted by Crippen LogP contribution is 2.26. The SMILES string of the molecule is COc1ccc2oc(N3CCC=N3)nc2c1. The third-order valence-corrected chi connectivity index (χ3v) is 2.50. The lowest BCUT2D eigenvalue weighted by molar-refractivity contribution is 0.415. The highest BCUT2D eigenvalue weighted by atomic mass is 16.5. The van der Waals surface area contributed by atoms with Crippen LogP contribution in [0.5, 0.6) is 5.75 Å². The Hall–Kier alpha value is -2.04. The molecule has 5 heteroatoms. The van der Waals surface area contributed by atoms with Crippen molar-refractivity contribution >= 4 is 23.3 Å². The molecular weight excluding hydrogens is 206 g/mol. The molecule has 0 amide bonds. The number of aromatic nitrogens is 1. The largest absolute Gasteiger partial charge is 0.497 e. The second-order valence-electron chi connectivity index (χ2n) is 3.54. The van der Waals surface area contributed by atoms with Crippen molar-refractivity contribution in [1.82, 2.24) is 4.98 Å². The number of fused-ring (bicyclic) bond motifs is 1. The maximum atomic E-state index is 5.60. The van der Waals surface area contributed by atoms with Crippen molar-refractivity contribution in [2.45, 2.75) is 6.42 Å². The quantitative estimate of drug-likeness (QED) is 0.772. The summed E-state index contributed by atoms with van der Waals surface area (Å²) in [6, 6.07) is 6.09. The number of benzene rings is 1. The second-order valence-corrected chi connectivity index (χ2v) is 3.54. The molecule has 1 aromatic carbocycles. The van der Waals surface area contributed by atoms with Gasteiger partial charge in [0.1, 0.15) is 11.3 Å². The molecule has 0 radical (unpaired) electrons. The predicted molar refractivity (Wildman–Crippen MR) is 61.0 cm³/mol. The molecule has 0 aliphatic carbocycles. The molecule has 0 N–H and O–H groups in total. The number of oxazole rings is 1. The molecule has 1 aromatic heterocycles. The van der Waals surface area contributed by atoms with Crippen LogP contribution in [0.15, 0.2) is 27.7 Å². The molecule has 2 heterocycles. The van der Waals surface area contributed by atoms with Crippen LogP contribution < -0.4 is 9.75 Å². The molecule has 82 valence electrons. The van der Waals surface area contributed by atoms with E-state index in [2.05, 4.69) is 10.1 Å². The van der Waals surface area contributed by atoms with E-state index in [1.54, 1.807) is 12.1 Å². The molecule has 1 aliphatic heterocycles. The molecule has 0 atom stereocenters. The van der Waals surface area contributed by atoms with Gasteiger partial charge in [0.15, 0.2) is 5.58 Å². The summed E-state index contributed by atoms with van der Waals surface area (Å²) in [5.74, 6) is 0.775. The molecule has 5 nitrogen and oxygen atoms in total. The Morgan fingerprint density at radius 2 is 2.38 bits per heavy atom. The van der Waals surface area contributed by atoms with Gasteiger partial charge in [-0.1, -0.05) is 0 Å². The zero-order chi connectivity index (χ0) is 11.0. The Morgan fingerprint density at radius 1 is 1.44 bits per heavy atom. The van der Waals surface area contributed by atoms with Gasteiger partial charge >= 0.3 is 6.01 Å². The first-order valence-corrected chi connectivity index (χ1v) is 5.11. The predicted octanol–water partition coefficient (Wildman–Crippen LogP) is 2.03. The average molecular weight is 217 g/mol. The van der Waals surface area contributed by atoms with Gasteiger partial charge in [0.25, 0.3) is 0 Å². The third-order valence-electron chi connectivity index (χ3n) is 2.50. The van der Waals surface area contributed by atoms with Crippen LogP contribution in [0.4, 0.5) is 6.01 Å². The van der Waals surface area contributed by atoms with E-state index in [0.29, 0.717) is 6.01 Å². The van der Waals surface area contributed by atoms with Crippen LogP contribution in [-0.2, 0) is 0 Å². The number of anilines is 1. The van der Waals surface area contributed by atoms with E-state index in [0.717, 1.165) is 29.8 Å². The Kier molecular flexibility index (Phi) is 2.02. The topological polar surface area (TPSA) is 50.9 Å². The Balaban J connectivity index is 2.04. The van der Waals surface area contributed by atoms with Crippen LogP contribution in [0.25, 0.3) is 11.1 Å². The zero-order valence-electron chi connectivity index (χ0n) is 8.88. The Labute approximate surface area is 92.3 Å². The molecule has 0 saturated heterocycles. The van der Waals surface area contributed by atoms with Crippen molar-refractivity contribution in [3.05, 3.63) is 18.2 Å². The molecule has 16 heavy (non-hydrogen) atoms. The summed E-state index contributed by atoms with van der Waals surface area (Å²) in [6.45, 7) is 0.823. The summed E-state index contributed by atoms with van der Waals surface area (Å²) in [5.41, 5.74) is 1.54. The van der Waals surface area contributed by atoms with Crippen molar-refractivity contribution in [2.75, 3.05) is 18.7 Å². The fraction of sp³-hybridized carbons (Fsp3) is 0.273. The smallest absolute Gasteiger partial charge is 0.319 e. The molecule has 2 aromatic rings. The van der Waals surface area contributed by atoms with Gasteiger partial charge in [-0.15, -0.1) is 0 Å². The summed E-state index contributed by atoms with van der Waals surface area (Å²) in [4.78, 5) is 4.37. The van der Waals surface area contributed by atoms with Crippen LogP contribution in [0, 0.1) is 0 Å². The number of ether oxygens (including phenoxy) is 1. The summed E-state index contributed by atoms with van der Waals surface area (Å²) in [6.07, 6.45) is 2.79. The molecule has 1 aliphatic rings.